The normalized spacial score (nSPS) is 13.0. The quantitative estimate of drug-likeness (QED) is 0.662. The Labute approximate surface area is 149 Å². The van der Waals surface area contributed by atoms with Gasteiger partial charge in [-0.1, -0.05) is 18.2 Å². The van der Waals surface area contributed by atoms with E-state index in [1.807, 2.05) is 30.3 Å². The molecule has 1 heterocycles. The molecule has 1 aliphatic rings. The Morgan fingerprint density at radius 1 is 1.21 bits per heavy atom. The van der Waals surface area contributed by atoms with Crippen molar-refractivity contribution in [3.05, 3.63) is 53.6 Å². The second-order valence-electron chi connectivity index (χ2n) is 5.84. The van der Waals surface area contributed by atoms with E-state index in [9.17, 15) is 4.79 Å². The third kappa shape index (κ3) is 3.82. The monoisotopic (exact) mass is 346 g/mol. The summed E-state index contributed by atoms with van der Waals surface area (Å²) in [4.78, 5) is 13.9. The lowest BCUT2D eigenvalue weighted by atomic mass is 10.00. The first-order valence-corrected chi connectivity index (χ1v) is 8.02. The van der Waals surface area contributed by atoms with E-state index in [2.05, 4.69) is 11.0 Å². The zero-order chi connectivity index (χ0) is 16.2. The van der Waals surface area contributed by atoms with Crippen molar-refractivity contribution in [2.45, 2.75) is 19.8 Å². The SMILES string of the molecule is CC(=O)c1ccccc1OCCN1CCCc2c(N)cccc21.Cl. The maximum absolute atomic E-state index is 11.6. The van der Waals surface area contributed by atoms with E-state index in [-0.39, 0.29) is 18.2 Å². The number of nitrogens with zero attached hydrogens (tertiary/aromatic N) is 1. The highest BCUT2D eigenvalue weighted by Crippen LogP contribution is 2.31. The van der Waals surface area contributed by atoms with Crippen LogP contribution in [0.2, 0.25) is 0 Å². The van der Waals surface area contributed by atoms with E-state index in [0.29, 0.717) is 17.9 Å². The molecular weight excluding hydrogens is 324 g/mol. The van der Waals surface area contributed by atoms with Gasteiger partial charge in [0.25, 0.3) is 0 Å². The molecule has 24 heavy (non-hydrogen) atoms. The lowest BCUT2D eigenvalue weighted by molar-refractivity contribution is 0.101. The van der Waals surface area contributed by atoms with E-state index >= 15 is 0 Å². The standard InChI is InChI=1S/C19H22N2O2.ClH/c1-14(22)15-6-2-3-10-19(15)23-13-12-21-11-5-7-16-17(20)8-4-9-18(16)21;/h2-4,6,8-10H,5,7,11-13,20H2,1H3;1H. The van der Waals surface area contributed by atoms with Gasteiger partial charge in [0, 0.05) is 17.9 Å². The van der Waals surface area contributed by atoms with Crippen LogP contribution >= 0.6 is 12.4 Å². The van der Waals surface area contributed by atoms with E-state index in [0.717, 1.165) is 31.6 Å². The highest BCUT2D eigenvalue weighted by Gasteiger charge is 2.18. The summed E-state index contributed by atoms with van der Waals surface area (Å²) in [5, 5.41) is 0. The number of hydrogen-bond acceptors (Lipinski definition) is 4. The first kappa shape index (κ1) is 18.1. The van der Waals surface area contributed by atoms with Gasteiger partial charge in [0.05, 0.1) is 12.1 Å². The molecule has 5 heteroatoms. The molecule has 2 aromatic rings. The van der Waals surface area contributed by atoms with Crippen molar-refractivity contribution in [2.24, 2.45) is 0 Å². The van der Waals surface area contributed by atoms with Gasteiger partial charge in [-0.15, -0.1) is 12.4 Å². The number of para-hydroxylation sites is 1. The maximum atomic E-state index is 11.6. The lowest BCUT2D eigenvalue weighted by Crippen LogP contribution is -2.33. The van der Waals surface area contributed by atoms with Crippen LogP contribution in [0.3, 0.4) is 0 Å². The minimum Gasteiger partial charge on any atom is -0.491 e. The van der Waals surface area contributed by atoms with Crippen molar-refractivity contribution >= 4 is 29.6 Å². The summed E-state index contributed by atoms with van der Waals surface area (Å²) in [6.45, 7) is 3.89. The number of ether oxygens (including phenoxy) is 1. The second kappa shape index (κ2) is 8.06. The van der Waals surface area contributed by atoms with E-state index in [1.54, 1.807) is 13.0 Å². The van der Waals surface area contributed by atoms with Gasteiger partial charge in [-0.3, -0.25) is 4.79 Å². The first-order valence-electron chi connectivity index (χ1n) is 8.02. The van der Waals surface area contributed by atoms with Gasteiger partial charge in [0.1, 0.15) is 12.4 Å². The van der Waals surface area contributed by atoms with Crippen LogP contribution in [0.1, 0.15) is 29.3 Å². The fraction of sp³-hybridized carbons (Fsp3) is 0.316. The average molecular weight is 347 g/mol. The van der Waals surface area contributed by atoms with Crippen LogP contribution in [0.5, 0.6) is 5.75 Å². The first-order chi connectivity index (χ1) is 11.2. The number of rotatable bonds is 5. The highest BCUT2D eigenvalue weighted by atomic mass is 35.5. The van der Waals surface area contributed by atoms with Crippen LogP contribution < -0.4 is 15.4 Å². The van der Waals surface area contributed by atoms with Gasteiger partial charge >= 0.3 is 0 Å². The highest BCUT2D eigenvalue weighted by molar-refractivity contribution is 5.96. The van der Waals surface area contributed by atoms with Gasteiger partial charge in [-0.05, 0) is 49.6 Å². The Morgan fingerprint density at radius 3 is 2.79 bits per heavy atom. The van der Waals surface area contributed by atoms with E-state index < -0.39 is 0 Å². The number of Topliss-reactive ketones (excluding diaryl/α,β-unsaturated/α-hetero) is 1. The van der Waals surface area contributed by atoms with Crippen molar-refractivity contribution in [3.8, 4) is 5.75 Å². The molecule has 2 N–H and O–H groups in total. The number of halogens is 1. The molecule has 128 valence electrons. The number of carbonyl (C=O) groups is 1. The lowest BCUT2D eigenvalue weighted by Gasteiger charge is -2.32. The molecule has 0 atom stereocenters. The Kier molecular flexibility index (Phi) is 6.10. The zero-order valence-corrected chi connectivity index (χ0v) is 14.6. The molecule has 0 fully saturated rings. The van der Waals surface area contributed by atoms with Crippen LogP contribution in [0.25, 0.3) is 0 Å². The average Bonchev–Trinajstić information content (AvgIpc) is 2.56. The van der Waals surface area contributed by atoms with Crippen molar-refractivity contribution < 1.29 is 9.53 Å². The Bertz CT molecular complexity index is 718. The molecule has 0 aliphatic carbocycles. The second-order valence-corrected chi connectivity index (χ2v) is 5.84. The summed E-state index contributed by atoms with van der Waals surface area (Å²) in [5.74, 6) is 0.682. The molecule has 0 unspecified atom stereocenters. The summed E-state index contributed by atoms with van der Waals surface area (Å²) in [7, 11) is 0. The molecule has 0 saturated heterocycles. The molecule has 0 aromatic heterocycles. The van der Waals surface area contributed by atoms with Crippen molar-refractivity contribution in [1.82, 2.24) is 0 Å². The third-order valence-corrected chi connectivity index (χ3v) is 4.27. The fourth-order valence-corrected chi connectivity index (χ4v) is 3.11. The predicted octanol–water partition coefficient (Wildman–Crippen LogP) is 3.72. The van der Waals surface area contributed by atoms with Crippen LogP contribution in [-0.4, -0.2) is 25.5 Å². The van der Waals surface area contributed by atoms with Crippen LogP contribution in [0.4, 0.5) is 11.4 Å². The molecule has 0 bridgehead atoms. The molecule has 0 radical (unpaired) electrons. The number of ketones is 1. The molecule has 1 aliphatic heterocycles. The molecule has 3 rings (SSSR count). The zero-order valence-electron chi connectivity index (χ0n) is 13.8. The van der Waals surface area contributed by atoms with Crippen molar-refractivity contribution in [3.63, 3.8) is 0 Å². The Hall–Kier alpha value is -2.20. The largest absolute Gasteiger partial charge is 0.491 e. The minimum absolute atomic E-state index is 0. The van der Waals surface area contributed by atoms with Crippen molar-refractivity contribution in [1.29, 1.82) is 0 Å². The van der Waals surface area contributed by atoms with Gasteiger partial charge in [0.2, 0.25) is 0 Å². The van der Waals surface area contributed by atoms with Gasteiger partial charge in [-0.2, -0.15) is 0 Å². The molecule has 0 amide bonds. The molecule has 2 aromatic carbocycles. The van der Waals surface area contributed by atoms with Gasteiger partial charge in [-0.25, -0.2) is 0 Å². The van der Waals surface area contributed by atoms with Crippen LogP contribution in [0, 0.1) is 0 Å². The smallest absolute Gasteiger partial charge is 0.163 e. The van der Waals surface area contributed by atoms with E-state index in [1.165, 1.54) is 11.3 Å². The third-order valence-electron chi connectivity index (χ3n) is 4.27. The summed E-state index contributed by atoms with van der Waals surface area (Å²) >= 11 is 0. The molecule has 4 nitrogen and oxygen atoms in total. The number of nitrogens with two attached hydrogens (primary N) is 1. The Balaban J connectivity index is 0.00000208. The minimum atomic E-state index is 0. The molecule has 0 spiro atoms. The van der Waals surface area contributed by atoms with Gasteiger partial charge in [0.15, 0.2) is 5.78 Å². The van der Waals surface area contributed by atoms with Crippen LogP contribution in [-0.2, 0) is 6.42 Å². The summed E-state index contributed by atoms with van der Waals surface area (Å²) in [6.07, 6.45) is 2.14. The fourth-order valence-electron chi connectivity index (χ4n) is 3.11. The number of benzene rings is 2. The molecular formula is C19H23ClN2O2. The number of hydrogen-bond donors (Lipinski definition) is 1. The van der Waals surface area contributed by atoms with Gasteiger partial charge < -0.3 is 15.4 Å². The maximum Gasteiger partial charge on any atom is 0.163 e. The topological polar surface area (TPSA) is 55.6 Å². The summed E-state index contributed by atoms with van der Waals surface area (Å²) in [6, 6.07) is 13.5. The summed E-state index contributed by atoms with van der Waals surface area (Å²) < 4.78 is 5.85. The number of carbonyl (C=O) groups excluding carboxylic acids is 1. The van der Waals surface area contributed by atoms with Crippen molar-refractivity contribution in [2.75, 3.05) is 30.3 Å². The summed E-state index contributed by atoms with van der Waals surface area (Å²) in [5.41, 5.74) is 10.0. The Morgan fingerprint density at radius 2 is 2.00 bits per heavy atom. The van der Waals surface area contributed by atoms with E-state index in [4.69, 9.17) is 10.5 Å². The number of nitrogen functional groups attached to an aromatic ring is 1. The predicted molar refractivity (Wildman–Crippen MR) is 101 cm³/mol. The number of fused-ring (bicyclic) bond motifs is 1. The van der Waals surface area contributed by atoms with Crippen LogP contribution in [0.15, 0.2) is 42.5 Å². The number of anilines is 2. The molecule has 0 saturated carbocycles.